The Labute approximate surface area is 106 Å². The monoisotopic (exact) mass is 250 g/mol. The summed E-state index contributed by atoms with van der Waals surface area (Å²) in [6, 6.07) is 4.03. The molecule has 98 valence electrons. The van der Waals surface area contributed by atoms with Gasteiger partial charge >= 0.3 is 5.97 Å². The first-order valence-electron chi connectivity index (χ1n) is 5.86. The molecule has 5 heteroatoms. The molecule has 18 heavy (non-hydrogen) atoms. The van der Waals surface area contributed by atoms with Crippen LogP contribution in [0.4, 0.5) is 5.69 Å². The van der Waals surface area contributed by atoms with E-state index in [4.69, 9.17) is 10.8 Å². The van der Waals surface area contributed by atoms with Crippen LogP contribution in [0.1, 0.15) is 35.7 Å². The third-order valence-electron chi connectivity index (χ3n) is 2.68. The van der Waals surface area contributed by atoms with Crippen LogP contribution < -0.4 is 11.1 Å². The summed E-state index contributed by atoms with van der Waals surface area (Å²) in [4.78, 5) is 22.6. The van der Waals surface area contributed by atoms with E-state index >= 15 is 0 Å². The van der Waals surface area contributed by atoms with Gasteiger partial charge in [0.2, 0.25) is 5.91 Å². The van der Waals surface area contributed by atoms with Crippen molar-refractivity contribution in [2.24, 2.45) is 5.73 Å². The Kier molecular flexibility index (Phi) is 4.85. The van der Waals surface area contributed by atoms with Gasteiger partial charge in [-0.3, -0.25) is 4.79 Å². The zero-order chi connectivity index (χ0) is 13.7. The molecule has 0 saturated heterocycles. The highest BCUT2D eigenvalue weighted by atomic mass is 16.4. The normalized spacial score (nSPS) is 11.9. The summed E-state index contributed by atoms with van der Waals surface area (Å²) < 4.78 is 0. The molecule has 0 aliphatic carbocycles. The highest BCUT2D eigenvalue weighted by Crippen LogP contribution is 2.17. The van der Waals surface area contributed by atoms with Crippen LogP contribution in [0.5, 0.6) is 0 Å². The lowest BCUT2D eigenvalue weighted by atomic mass is 10.1. The summed E-state index contributed by atoms with van der Waals surface area (Å²) in [5.41, 5.74) is 7.13. The Morgan fingerprint density at radius 1 is 1.44 bits per heavy atom. The smallest absolute Gasteiger partial charge is 0.335 e. The van der Waals surface area contributed by atoms with Crippen molar-refractivity contribution in [3.8, 4) is 0 Å². The van der Waals surface area contributed by atoms with Crippen LogP contribution in [0.2, 0.25) is 0 Å². The summed E-state index contributed by atoms with van der Waals surface area (Å²) in [5, 5.41) is 11.6. The molecule has 1 aromatic carbocycles. The number of carbonyl (C=O) groups excluding carboxylic acids is 1. The lowest BCUT2D eigenvalue weighted by molar-refractivity contribution is -0.117. The molecule has 0 heterocycles. The number of carboxylic acid groups (broad SMARTS) is 1. The van der Waals surface area contributed by atoms with Crippen molar-refractivity contribution in [2.45, 2.75) is 32.7 Å². The quantitative estimate of drug-likeness (QED) is 0.742. The van der Waals surface area contributed by atoms with Gasteiger partial charge in [0.1, 0.15) is 0 Å². The van der Waals surface area contributed by atoms with Gasteiger partial charge in [0.15, 0.2) is 0 Å². The van der Waals surface area contributed by atoms with Gasteiger partial charge < -0.3 is 16.2 Å². The number of amides is 1. The van der Waals surface area contributed by atoms with Crippen molar-refractivity contribution in [3.63, 3.8) is 0 Å². The molecule has 1 atom stereocenters. The van der Waals surface area contributed by atoms with E-state index in [1.807, 2.05) is 6.92 Å². The van der Waals surface area contributed by atoms with Crippen LogP contribution in [0, 0.1) is 6.92 Å². The van der Waals surface area contributed by atoms with Gasteiger partial charge in [0.25, 0.3) is 0 Å². The first kappa shape index (κ1) is 14.2. The summed E-state index contributed by atoms with van der Waals surface area (Å²) >= 11 is 0. The molecular formula is C13H18N2O3. The summed E-state index contributed by atoms with van der Waals surface area (Å²) in [6.45, 7) is 3.75. The van der Waals surface area contributed by atoms with Crippen molar-refractivity contribution in [1.29, 1.82) is 0 Å². The number of aromatic carboxylic acids is 1. The molecule has 0 radical (unpaired) electrons. The number of nitrogens with one attached hydrogen (secondary N) is 1. The second-order valence-corrected chi connectivity index (χ2v) is 4.22. The average molecular weight is 250 g/mol. The largest absolute Gasteiger partial charge is 0.478 e. The summed E-state index contributed by atoms with van der Waals surface area (Å²) in [6.07, 6.45) is 1.42. The molecule has 0 saturated carbocycles. The topological polar surface area (TPSA) is 92.4 Å². The van der Waals surface area contributed by atoms with E-state index in [0.717, 1.165) is 12.0 Å². The molecule has 0 aromatic heterocycles. The predicted octanol–water partition coefficient (Wildman–Crippen LogP) is 1.76. The minimum absolute atomic E-state index is 0.139. The van der Waals surface area contributed by atoms with E-state index in [1.54, 1.807) is 13.0 Å². The lowest BCUT2D eigenvalue weighted by Crippen LogP contribution is -2.35. The van der Waals surface area contributed by atoms with E-state index in [0.29, 0.717) is 12.1 Å². The van der Waals surface area contributed by atoms with Gasteiger partial charge in [0, 0.05) is 5.69 Å². The molecule has 1 amide bonds. The predicted molar refractivity (Wildman–Crippen MR) is 69.7 cm³/mol. The second kappa shape index (κ2) is 6.16. The van der Waals surface area contributed by atoms with Crippen LogP contribution >= 0.6 is 0 Å². The van der Waals surface area contributed by atoms with Crippen molar-refractivity contribution < 1.29 is 14.7 Å². The van der Waals surface area contributed by atoms with Crippen molar-refractivity contribution in [2.75, 3.05) is 5.32 Å². The van der Waals surface area contributed by atoms with Crippen molar-refractivity contribution in [1.82, 2.24) is 0 Å². The maximum absolute atomic E-state index is 11.8. The lowest BCUT2D eigenvalue weighted by Gasteiger charge is -2.13. The number of hydrogen-bond acceptors (Lipinski definition) is 3. The molecule has 0 aliphatic rings. The molecule has 0 spiro atoms. The van der Waals surface area contributed by atoms with Crippen LogP contribution in [0.25, 0.3) is 0 Å². The maximum Gasteiger partial charge on any atom is 0.335 e. The molecule has 1 rings (SSSR count). The Bertz CT molecular complexity index is 458. The molecule has 4 N–H and O–H groups in total. The third-order valence-corrected chi connectivity index (χ3v) is 2.68. The summed E-state index contributed by atoms with van der Waals surface area (Å²) in [5.74, 6) is -1.31. The van der Waals surface area contributed by atoms with Crippen LogP contribution in [-0.2, 0) is 4.79 Å². The summed E-state index contributed by atoms with van der Waals surface area (Å²) in [7, 11) is 0. The number of rotatable bonds is 5. The van der Waals surface area contributed by atoms with E-state index in [-0.39, 0.29) is 11.5 Å². The number of anilines is 1. The average Bonchev–Trinajstić information content (AvgIpc) is 2.31. The van der Waals surface area contributed by atoms with Crippen LogP contribution in [-0.4, -0.2) is 23.0 Å². The minimum atomic E-state index is -1.02. The third kappa shape index (κ3) is 3.56. The standard InChI is InChI=1S/C13H18N2O3/c1-3-4-10(14)12(16)15-11-7-9(13(17)18)6-5-8(11)2/h5-7,10H,3-4,14H2,1-2H3,(H,15,16)(H,17,18)/t10-/m0/s1. The zero-order valence-electron chi connectivity index (χ0n) is 10.6. The number of aryl methyl sites for hydroxylation is 1. The maximum atomic E-state index is 11.8. The molecule has 0 bridgehead atoms. The van der Waals surface area contributed by atoms with Crippen LogP contribution in [0.3, 0.4) is 0 Å². The molecule has 1 aromatic rings. The van der Waals surface area contributed by atoms with Gasteiger partial charge in [-0.2, -0.15) is 0 Å². The van der Waals surface area contributed by atoms with E-state index in [1.165, 1.54) is 12.1 Å². The Balaban J connectivity index is 2.86. The SMILES string of the molecule is CCC[C@H](N)C(=O)Nc1cc(C(=O)O)ccc1C. The number of nitrogens with two attached hydrogens (primary N) is 1. The van der Waals surface area contributed by atoms with E-state index in [2.05, 4.69) is 5.32 Å². The molecular weight excluding hydrogens is 232 g/mol. The van der Waals surface area contributed by atoms with E-state index < -0.39 is 12.0 Å². The van der Waals surface area contributed by atoms with Gasteiger partial charge in [-0.1, -0.05) is 19.4 Å². The fraction of sp³-hybridized carbons (Fsp3) is 0.385. The fourth-order valence-electron chi connectivity index (χ4n) is 1.56. The molecule has 0 unspecified atom stereocenters. The Hall–Kier alpha value is -1.88. The van der Waals surface area contributed by atoms with Gasteiger partial charge in [0.05, 0.1) is 11.6 Å². The van der Waals surface area contributed by atoms with Crippen molar-refractivity contribution in [3.05, 3.63) is 29.3 Å². The second-order valence-electron chi connectivity index (χ2n) is 4.22. The number of hydrogen-bond donors (Lipinski definition) is 3. The number of benzene rings is 1. The highest BCUT2D eigenvalue weighted by molar-refractivity contribution is 5.97. The molecule has 5 nitrogen and oxygen atoms in total. The molecule has 0 aliphatic heterocycles. The highest BCUT2D eigenvalue weighted by Gasteiger charge is 2.14. The van der Waals surface area contributed by atoms with E-state index in [9.17, 15) is 9.59 Å². The van der Waals surface area contributed by atoms with Gasteiger partial charge in [-0.05, 0) is 31.0 Å². The Morgan fingerprint density at radius 3 is 2.67 bits per heavy atom. The van der Waals surface area contributed by atoms with Gasteiger partial charge in [-0.25, -0.2) is 4.79 Å². The minimum Gasteiger partial charge on any atom is -0.478 e. The number of carboxylic acids is 1. The van der Waals surface area contributed by atoms with Gasteiger partial charge in [-0.15, -0.1) is 0 Å². The van der Waals surface area contributed by atoms with Crippen molar-refractivity contribution >= 4 is 17.6 Å². The zero-order valence-corrected chi connectivity index (χ0v) is 10.6. The first-order valence-corrected chi connectivity index (χ1v) is 5.86. The fourth-order valence-corrected chi connectivity index (χ4v) is 1.56. The Morgan fingerprint density at radius 2 is 2.11 bits per heavy atom. The number of carbonyl (C=O) groups is 2. The molecule has 0 fully saturated rings. The first-order chi connectivity index (χ1) is 8.45. The van der Waals surface area contributed by atoms with Crippen LogP contribution in [0.15, 0.2) is 18.2 Å².